The van der Waals surface area contributed by atoms with E-state index in [1.54, 1.807) is 24.0 Å². The fourth-order valence-electron chi connectivity index (χ4n) is 1.43. The molecule has 0 saturated heterocycles. The van der Waals surface area contributed by atoms with Crippen LogP contribution in [0.3, 0.4) is 0 Å². The molecule has 1 heterocycles. The molecule has 0 radical (unpaired) electrons. The molecule has 1 saturated carbocycles. The second kappa shape index (κ2) is 3.09. The van der Waals surface area contributed by atoms with Gasteiger partial charge in [0.1, 0.15) is 5.69 Å². The molecule has 0 atom stereocenters. The summed E-state index contributed by atoms with van der Waals surface area (Å²) in [6, 6.07) is 1.70. The van der Waals surface area contributed by atoms with Crippen LogP contribution < -0.4 is 11.1 Å². The summed E-state index contributed by atoms with van der Waals surface area (Å²) < 4.78 is 1.56. The minimum atomic E-state index is -0.138. The van der Waals surface area contributed by atoms with Gasteiger partial charge in [-0.2, -0.15) is 5.10 Å². The van der Waals surface area contributed by atoms with Gasteiger partial charge < -0.3 is 11.1 Å². The summed E-state index contributed by atoms with van der Waals surface area (Å²) in [5.74, 6) is -0.0899. The molecule has 5 nitrogen and oxygen atoms in total. The molecule has 0 bridgehead atoms. The Balaban J connectivity index is 2.07. The summed E-state index contributed by atoms with van der Waals surface area (Å²) in [7, 11) is 1.75. The summed E-state index contributed by atoms with van der Waals surface area (Å²) in [5, 5.41) is 6.87. The third-order valence-corrected chi connectivity index (χ3v) is 2.68. The third-order valence-electron chi connectivity index (χ3n) is 2.68. The zero-order valence-corrected chi connectivity index (χ0v) is 8.16. The number of carbonyl (C=O) groups is 1. The van der Waals surface area contributed by atoms with Gasteiger partial charge in [-0.25, -0.2) is 0 Å². The van der Waals surface area contributed by atoms with Crippen LogP contribution in [-0.2, 0) is 7.05 Å². The first-order valence-corrected chi connectivity index (χ1v) is 4.67. The van der Waals surface area contributed by atoms with Gasteiger partial charge in [0.15, 0.2) is 0 Å². The van der Waals surface area contributed by atoms with E-state index in [9.17, 15) is 4.79 Å². The predicted octanol–water partition coefficient (Wildman–Crippen LogP) is -0.359. The van der Waals surface area contributed by atoms with Gasteiger partial charge in [-0.05, 0) is 18.9 Å². The van der Waals surface area contributed by atoms with Crippen molar-refractivity contribution < 1.29 is 4.79 Å². The quantitative estimate of drug-likeness (QED) is 0.690. The summed E-state index contributed by atoms with van der Waals surface area (Å²) in [6.07, 6.45) is 3.57. The Bertz CT molecular complexity index is 353. The van der Waals surface area contributed by atoms with Crippen molar-refractivity contribution in [2.75, 3.05) is 6.54 Å². The Hall–Kier alpha value is -1.36. The molecule has 5 heteroatoms. The Labute approximate surface area is 82.3 Å². The molecule has 0 aromatic carbocycles. The predicted molar refractivity (Wildman–Crippen MR) is 51.7 cm³/mol. The molecule has 0 spiro atoms. The van der Waals surface area contributed by atoms with Crippen molar-refractivity contribution in [2.24, 2.45) is 12.8 Å². The number of carbonyl (C=O) groups excluding carboxylic acids is 1. The molecular formula is C9H14N4O. The smallest absolute Gasteiger partial charge is 0.270 e. The summed E-state index contributed by atoms with van der Waals surface area (Å²) >= 11 is 0. The largest absolute Gasteiger partial charge is 0.344 e. The van der Waals surface area contributed by atoms with E-state index in [1.165, 1.54) is 0 Å². The minimum absolute atomic E-state index is 0.0899. The molecule has 1 amide bonds. The van der Waals surface area contributed by atoms with Crippen LogP contribution >= 0.6 is 0 Å². The molecule has 1 fully saturated rings. The molecule has 1 aliphatic rings. The maximum atomic E-state index is 11.7. The number of aromatic nitrogens is 2. The lowest BCUT2D eigenvalue weighted by atomic mass is 10.2. The standard InChI is InChI=1S/C9H14N4O/c1-13-7(2-5-11-13)8(14)12-9(6-10)3-4-9/h2,5H,3-4,6,10H2,1H3,(H,12,14). The van der Waals surface area contributed by atoms with E-state index in [0.29, 0.717) is 12.2 Å². The van der Waals surface area contributed by atoms with Crippen LogP contribution in [0, 0.1) is 0 Å². The summed E-state index contributed by atoms with van der Waals surface area (Å²) in [4.78, 5) is 11.7. The van der Waals surface area contributed by atoms with Gasteiger partial charge in [-0.3, -0.25) is 9.48 Å². The highest BCUT2D eigenvalue weighted by atomic mass is 16.2. The highest BCUT2D eigenvalue weighted by Gasteiger charge is 2.42. The zero-order valence-electron chi connectivity index (χ0n) is 8.16. The van der Waals surface area contributed by atoms with Crippen LogP contribution in [0.15, 0.2) is 12.3 Å². The van der Waals surface area contributed by atoms with Crippen molar-refractivity contribution in [3.8, 4) is 0 Å². The monoisotopic (exact) mass is 194 g/mol. The van der Waals surface area contributed by atoms with E-state index in [2.05, 4.69) is 10.4 Å². The topological polar surface area (TPSA) is 72.9 Å². The van der Waals surface area contributed by atoms with Crippen molar-refractivity contribution in [3.63, 3.8) is 0 Å². The van der Waals surface area contributed by atoms with Crippen LogP contribution in [-0.4, -0.2) is 27.8 Å². The van der Waals surface area contributed by atoms with E-state index in [4.69, 9.17) is 5.73 Å². The Morgan fingerprint density at radius 1 is 1.79 bits per heavy atom. The van der Waals surface area contributed by atoms with Crippen LogP contribution in [0.1, 0.15) is 23.3 Å². The average molecular weight is 194 g/mol. The van der Waals surface area contributed by atoms with E-state index in [-0.39, 0.29) is 11.4 Å². The highest BCUT2D eigenvalue weighted by Crippen LogP contribution is 2.34. The molecule has 3 N–H and O–H groups in total. The lowest BCUT2D eigenvalue weighted by molar-refractivity contribution is 0.0923. The number of rotatable bonds is 3. The normalized spacial score (nSPS) is 17.9. The van der Waals surface area contributed by atoms with Gasteiger partial charge in [-0.15, -0.1) is 0 Å². The Morgan fingerprint density at radius 3 is 2.93 bits per heavy atom. The molecule has 1 aliphatic carbocycles. The molecule has 1 aromatic rings. The fraction of sp³-hybridized carbons (Fsp3) is 0.556. The first-order chi connectivity index (χ1) is 6.67. The number of nitrogens with one attached hydrogen (secondary N) is 1. The first kappa shape index (κ1) is 9.21. The lowest BCUT2D eigenvalue weighted by Gasteiger charge is -2.14. The third kappa shape index (κ3) is 1.50. The van der Waals surface area contributed by atoms with Crippen LogP contribution in [0.25, 0.3) is 0 Å². The van der Waals surface area contributed by atoms with E-state index in [1.807, 2.05) is 0 Å². The van der Waals surface area contributed by atoms with Crippen LogP contribution in [0.4, 0.5) is 0 Å². The molecule has 2 rings (SSSR count). The second-order valence-electron chi connectivity index (χ2n) is 3.78. The molecule has 1 aromatic heterocycles. The second-order valence-corrected chi connectivity index (χ2v) is 3.78. The number of nitrogens with zero attached hydrogens (tertiary/aromatic N) is 2. The number of hydrogen-bond acceptors (Lipinski definition) is 3. The van der Waals surface area contributed by atoms with Gasteiger partial charge >= 0.3 is 0 Å². The summed E-state index contributed by atoms with van der Waals surface area (Å²) in [5.41, 5.74) is 6.01. The van der Waals surface area contributed by atoms with Crippen molar-refractivity contribution >= 4 is 5.91 Å². The van der Waals surface area contributed by atoms with Crippen LogP contribution in [0.2, 0.25) is 0 Å². The highest BCUT2D eigenvalue weighted by molar-refractivity contribution is 5.93. The van der Waals surface area contributed by atoms with Crippen molar-refractivity contribution in [2.45, 2.75) is 18.4 Å². The molecule has 0 unspecified atom stereocenters. The summed E-state index contributed by atoms with van der Waals surface area (Å²) in [6.45, 7) is 0.511. The van der Waals surface area contributed by atoms with Crippen molar-refractivity contribution in [1.29, 1.82) is 0 Å². The maximum Gasteiger partial charge on any atom is 0.270 e. The number of nitrogens with two attached hydrogens (primary N) is 1. The van der Waals surface area contributed by atoms with Gasteiger partial charge in [-0.1, -0.05) is 0 Å². The number of aryl methyl sites for hydroxylation is 1. The fourth-order valence-corrected chi connectivity index (χ4v) is 1.43. The number of hydrogen-bond donors (Lipinski definition) is 2. The zero-order chi connectivity index (χ0) is 10.2. The van der Waals surface area contributed by atoms with E-state index < -0.39 is 0 Å². The average Bonchev–Trinajstić information content (AvgIpc) is 2.80. The molecule has 14 heavy (non-hydrogen) atoms. The lowest BCUT2D eigenvalue weighted by Crippen LogP contribution is -2.42. The van der Waals surface area contributed by atoms with Crippen molar-refractivity contribution in [3.05, 3.63) is 18.0 Å². The maximum absolute atomic E-state index is 11.7. The molecular weight excluding hydrogens is 180 g/mol. The first-order valence-electron chi connectivity index (χ1n) is 4.67. The molecule has 76 valence electrons. The Kier molecular flexibility index (Phi) is 2.03. The minimum Gasteiger partial charge on any atom is -0.344 e. The molecule has 0 aliphatic heterocycles. The number of amides is 1. The van der Waals surface area contributed by atoms with Crippen LogP contribution in [0.5, 0.6) is 0 Å². The van der Waals surface area contributed by atoms with Gasteiger partial charge in [0.25, 0.3) is 5.91 Å². The Morgan fingerprint density at radius 2 is 2.50 bits per heavy atom. The van der Waals surface area contributed by atoms with Gasteiger partial charge in [0, 0.05) is 19.8 Å². The SMILES string of the molecule is Cn1nccc1C(=O)NC1(CN)CC1. The van der Waals surface area contributed by atoms with Gasteiger partial charge in [0.2, 0.25) is 0 Å². The van der Waals surface area contributed by atoms with Crippen molar-refractivity contribution in [1.82, 2.24) is 15.1 Å². The van der Waals surface area contributed by atoms with Gasteiger partial charge in [0.05, 0.1) is 5.54 Å². The van der Waals surface area contributed by atoms with E-state index in [0.717, 1.165) is 12.8 Å². The van der Waals surface area contributed by atoms with E-state index >= 15 is 0 Å².